The van der Waals surface area contributed by atoms with Gasteiger partial charge in [0, 0.05) is 69.3 Å². The summed E-state index contributed by atoms with van der Waals surface area (Å²) in [6.45, 7) is 6.28. The molecule has 4 heterocycles. The number of amides is 4. The summed E-state index contributed by atoms with van der Waals surface area (Å²) in [4.78, 5) is 50.6. The highest BCUT2D eigenvalue weighted by Crippen LogP contribution is 2.27. The minimum absolute atomic E-state index is 0.0173. The van der Waals surface area contributed by atoms with Gasteiger partial charge in [0.15, 0.2) is 6.10 Å². The summed E-state index contributed by atoms with van der Waals surface area (Å²) in [5.74, 6) is -0.189. The van der Waals surface area contributed by atoms with Crippen LogP contribution in [-0.4, -0.2) is 138 Å². The van der Waals surface area contributed by atoms with Crippen molar-refractivity contribution in [1.82, 2.24) is 34.7 Å². The summed E-state index contributed by atoms with van der Waals surface area (Å²) in [7, 11) is 4.15. The van der Waals surface area contributed by atoms with Crippen LogP contribution in [0, 0.1) is 0 Å². The summed E-state index contributed by atoms with van der Waals surface area (Å²) in [6, 6.07) is 11.5. The third-order valence-corrected chi connectivity index (χ3v) is 9.87. The number of aromatic amines is 1. The zero-order chi connectivity index (χ0) is 32.9. The van der Waals surface area contributed by atoms with Crippen LogP contribution in [0.2, 0.25) is 5.02 Å². The number of carbonyl (C=O) groups excluding carboxylic acids is 3. The number of anilines is 1. The van der Waals surface area contributed by atoms with Crippen molar-refractivity contribution in [3.05, 3.63) is 58.7 Å². The Balaban J connectivity index is 1.09. The standard InChI is InChI=1S/C34H45ClN8O4/c1-39(2)11-5-12-40-16-18-41(19-17-40)32(44)30(22-24-20-26-23-36-38-31(26)28(35)21-24)47-34(46)42-13-9-27(10-14-42)43-15-8-25-6-3-4-7-29(25)37-33(43)45/h3-4,6-7,20-21,23,27,30H,5,8-19,22H2,1-2H3,(H,36,38)(H,37,45). The Hall–Kier alpha value is -3.87. The lowest BCUT2D eigenvalue weighted by Gasteiger charge is -2.38. The fourth-order valence-corrected chi connectivity index (χ4v) is 7.18. The fraction of sp³-hybridized carbons (Fsp3) is 0.529. The summed E-state index contributed by atoms with van der Waals surface area (Å²) in [5, 5.41) is 11.4. The lowest BCUT2D eigenvalue weighted by atomic mass is 10.0. The van der Waals surface area contributed by atoms with Gasteiger partial charge in [-0.05, 0) is 82.2 Å². The first-order chi connectivity index (χ1) is 22.7. The molecule has 2 fully saturated rings. The van der Waals surface area contributed by atoms with Crippen molar-refractivity contribution >= 4 is 46.2 Å². The van der Waals surface area contributed by atoms with Crippen molar-refractivity contribution < 1.29 is 19.1 Å². The maximum atomic E-state index is 14.0. The molecule has 3 aliphatic rings. The number of halogens is 1. The normalized spacial score (nSPS) is 18.6. The summed E-state index contributed by atoms with van der Waals surface area (Å²) in [6.07, 6.45) is 3.53. The van der Waals surface area contributed by atoms with Crippen molar-refractivity contribution in [2.24, 2.45) is 0 Å². The smallest absolute Gasteiger partial charge is 0.410 e. The highest BCUT2D eigenvalue weighted by Gasteiger charge is 2.35. The molecule has 13 heteroatoms. The van der Waals surface area contributed by atoms with E-state index in [1.165, 1.54) is 0 Å². The van der Waals surface area contributed by atoms with Gasteiger partial charge in [-0.15, -0.1) is 0 Å². The van der Waals surface area contributed by atoms with Crippen LogP contribution in [-0.2, 0) is 22.4 Å². The number of hydrogen-bond acceptors (Lipinski definition) is 7. The maximum absolute atomic E-state index is 14.0. The molecule has 0 saturated carbocycles. The van der Waals surface area contributed by atoms with Gasteiger partial charge in [-0.3, -0.25) is 14.8 Å². The molecule has 2 saturated heterocycles. The largest absolute Gasteiger partial charge is 0.436 e. The average Bonchev–Trinajstić information content (AvgIpc) is 3.48. The number of fused-ring (bicyclic) bond motifs is 2. The van der Waals surface area contributed by atoms with E-state index in [0.29, 0.717) is 50.6 Å². The zero-order valence-corrected chi connectivity index (χ0v) is 28.0. The Bertz CT molecular complexity index is 1560. The summed E-state index contributed by atoms with van der Waals surface area (Å²) >= 11 is 6.52. The van der Waals surface area contributed by atoms with E-state index in [2.05, 4.69) is 39.4 Å². The molecular formula is C34H45ClN8O4. The molecule has 1 unspecified atom stereocenters. The van der Waals surface area contributed by atoms with Crippen LogP contribution >= 0.6 is 11.6 Å². The van der Waals surface area contributed by atoms with Crippen molar-refractivity contribution in [2.45, 2.75) is 44.2 Å². The number of hydrogen-bond donors (Lipinski definition) is 2. The molecule has 0 bridgehead atoms. The summed E-state index contributed by atoms with van der Waals surface area (Å²) < 4.78 is 6.04. The molecule has 47 heavy (non-hydrogen) atoms. The van der Waals surface area contributed by atoms with Crippen molar-refractivity contribution in [2.75, 3.05) is 78.3 Å². The molecule has 3 aliphatic heterocycles. The van der Waals surface area contributed by atoms with Crippen molar-refractivity contribution in [3.8, 4) is 0 Å². The molecule has 3 aromatic rings. The van der Waals surface area contributed by atoms with Crippen LogP contribution in [0.25, 0.3) is 10.9 Å². The number of nitrogens with one attached hydrogen (secondary N) is 2. The molecule has 2 N–H and O–H groups in total. The number of para-hydroxylation sites is 1. The monoisotopic (exact) mass is 664 g/mol. The van der Waals surface area contributed by atoms with Crippen LogP contribution in [0.1, 0.15) is 30.4 Å². The van der Waals surface area contributed by atoms with Crippen LogP contribution in [0.4, 0.5) is 15.3 Å². The van der Waals surface area contributed by atoms with E-state index in [9.17, 15) is 14.4 Å². The van der Waals surface area contributed by atoms with E-state index in [-0.39, 0.29) is 24.4 Å². The minimum atomic E-state index is -0.990. The number of ether oxygens (including phenoxy) is 1. The SMILES string of the molecule is CN(C)CCCN1CCN(C(=O)C(Cc2cc(Cl)c3[nH]ncc3c2)OC(=O)N2CCC(N3CCc4ccccc4NC3=O)CC2)CC1. The second-order valence-corrected chi connectivity index (χ2v) is 13.5. The quantitative estimate of drug-likeness (QED) is 0.356. The minimum Gasteiger partial charge on any atom is -0.436 e. The molecule has 1 aromatic heterocycles. The number of benzene rings is 2. The predicted molar refractivity (Wildman–Crippen MR) is 182 cm³/mol. The van der Waals surface area contributed by atoms with Gasteiger partial charge in [0.25, 0.3) is 5.91 Å². The van der Waals surface area contributed by atoms with Crippen molar-refractivity contribution in [3.63, 3.8) is 0 Å². The molecule has 0 spiro atoms. The Morgan fingerprint density at radius 3 is 2.57 bits per heavy atom. The second-order valence-electron chi connectivity index (χ2n) is 13.1. The molecule has 252 valence electrons. The number of piperazine rings is 1. The molecule has 12 nitrogen and oxygen atoms in total. The molecule has 0 aliphatic carbocycles. The van der Waals surface area contributed by atoms with Crippen LogP contribution in [0.3, 0.4) is 0 Å². The van der Waals surface area contributed by atoms with Crippen LogP contribution < -0.4 is 5.32 Å². The van der Waals surface area contributed by atoms with E-state index < -0.39 is 12.2 Å². The first-order valence-corrected chi connectivity index (χ1v) is 17.0. The van der Waals surface area contributed by atoms with E-state index in [0.717, 1.165) is 66.7 Å². The van der Waals surface area contributed by atoms with Gasteiger partial charge in [-0.25, -0.2) is 9.59 Å². The lowest BCUT2D eigenvalue weighted by Crippen LogP contribution is -2.54. The number of piperidine rings is 1. The Morgan fingerprint density at radius 1 is 1.04 bits per heavy atom. The van der Waals surface area contributed by atoms with Crippen molar-refractivity contribution in [1.29, 1.82) is 0 Å². The number of likely N-dealkylation sites (tertiary alicyclic amines) is 1. The highest BCUT2D eigenvalue weighted by atomic mass is 35.5. The first-order valence-electron chi connectivity index (χ1n) is 16.6. The molecule has 4 amide bonds. The summed E-state index contributed by atoms with van der Waals surface area (Å²) in [5.41, 5.74) is 3.50. The van der Waals surface area contributed by atoms with E-state index in [1.54, 1.807) is 17.2 Å². The van der Waals surface area contributed by atoms with E-state index >= 15 is 0 Å². The van der Waals surface area contributed by atoms with Gasteiger partial charge in [-0.2, -0.15) is 5.10 Å². The topological polar surface area (TPSA) is 117 Å². The van der Waals surface area contributed by atoms with Gasteiger partial charge < -0.3 is 29.7 Å². The lowest BCUT2D eigenvalue weighted by molar-refractivity contribution is -0.142. The highest BCUT2D eigenvalue weighted by molar-refractivity contribution is 6.35. The molecule has 2 aromatic carbocycles. The number of aromatic nitrogens is 2. The first kappa shape index (κ1) is 33.0. The van der Waals surface area contributed by atoms with Gasteiger partial charge in [0.2, 0.25) is 0 Å². The van der Waals surface area contributed by atoms with Crippen LogP contribution in [0.5, 0.6) is 0 Å². The number of nitrogens with zero attached hydrogens (tertiary/aromatic N) is 6. The number of carbonyl (C=O) groups is 3. The molecule has 0 radical (unpaired) electrons. The molecule has 1 atom stereocenters. The Kier molecular flexibility index (Phi) is 10.5. The molecule has 6 rings (SSSR count). The average molecular weight is 665 g/mol. The van der Waals surface area contributed by atoms with Gasteiger partial charge in [0.1, 0.15) is 0 Å². The Morgan fingerprint density at radius 2 is 1.81 bits per heavy atom. The number of urea groups is 1. The third-order valence-electron chi connectivity index (χ3n) is 9.57. The third kappa shape index (κ3) is 7.99. The van der Waals surface area contributed by atoms with E-state index in [4.69, 9.17) is 16.3 Å². The second kappa shape index (κ2) is 14.9. The number of H-pyrrole nitrogens is 1. The zero-order valence-electron chi connectivity index (χ0n) is 27.3. The van der Waals surface area contributed by atoms with Gasteiger partial charge in [0.05, 0.1) is 16.7 Å². The van der Waals surface area contributed by atoms with Gasteiger partial charge >= 0.3 is 12.1 Å². The Labute approximate surface area is 280 Å². The number of rotatable bonds is 9. The molecular weight excluding hydrogens is 620 g/mol. The van der Waals surface area contributed by atoms with E-state index in [1.807, 2.05) is 40.1 Å². The fourth-order valence-electron chi connectivity index (χ4n) is 6.88. The van der Waals surface area contributed by atoms with Gasteiger partial charge in [-0.1, -0.05) is 29.8 Å². The van der Waals surface area contributed by atoms with Crippen LogP contribution in [0.15, 0.2) is 42.6 Å². The maximum Gasteiger partial charge on any atom is 0.410 e. The predicted octanol–water partition coefficient (Wildman–Crippen LogP) is 3.91.